The third kappa shape index (κ3) is 2.74. The number of aliphatic imine (C=N–C) groups is 1. The minimum Gasteiger partial charge on any atom is -0.466 e. The van der Waals surface area contributed by atoms with Crippen molar-refractivity contribution in [1.29, 1.82) is 0 Å². The van der Waals surface area contributed by atoms with Crippen LogP contribution in [0.2, 0.25) is 0 Å². The van der Waals surface area contributed by atoms with Crippen LogP contribution < -0.4 is 4.57 Å². The summed E-state index contributed by atoms with van der Waals surface area (Å²) in [5.74, 6) is 1.58. The molecule has 27 heavy (non-hydrogen) atoms. The number of furan rings is 1. The van der Waals surface area contributed by atoms with Crippen molar-refractivity contribution in [2.45, 2.75) is 26.4 Å². The van der Waals surface area contributed by atoms with Crippen LogP contribution in [-0.2, 0) is 16.1 Å². The number of amidine groups is 1. The van der Waals surface area contributed by atoms with E-state index in [2.05, 4.69) is 4.99 Å². The van der Waals surface area contributed by atoms with E-state index in [1.807, 2.05) is 41.3 Å². The second-order valence-electron chi connectivity index (χ2n) is 6.54. The van der Waals surface area contributed by atoms with Crippen molar-refractivity contribution in [2.24, 2.45) is 4.99 Å². The fraction of sp³-hybridized carbons (Fsp3) is 0.444. The first-order valence-corrected chi connectivity index (χ1v) is 8.92. The maximum Gasteiger partial charge on any atom is 0.402 e. The lowest BCUT2D eigenvalue weighted by Crippen LogP contribution is -2.63. The van der Waals surface area contributed by atoms with Gasteiger partial charge in [-0.1, -0.05) is 4.99 Å². The van der Waals surface area contributed by atoms with Crippen LogP contribution in [0.5, 0.6) is 0 Å². The molecule has 1 fully saturated rings. The molecule has 0 saturated carbocycles. The van der Waals surface area contributed by atoms with E-state index in [1.165, 1.54) is 9.80 Å². The number of rotatable bonds is 6. The average molecular weight is 372 g/mol. The minimum atomic E-state index is -0.638. The van der Waals surface area contributed by atoms with E-state index in [9.17, 15) is 9.59 Å². The van der Waals surface area contributed by atoms with Gasteiger partial charge in [-0.3, -0.25) is 14.6 Å². The molecule has 0 N–H and O–H groups in total. The molecule has 1 saturated heterocycles. The summed E-state index contributed by atoms with van der Waals surface area (Å²) in [5.41, 5.74) is 0.956. The number of imide groups is 1. The summed E-state index contributed by atoms with van der Waals surface area (Å²) in [5, 5.41) is 0. The molecule has 1 unspecified atom stereocenters. The van der Waals surface area contributed by atoms with Crippen LogP contribution in [0.3, 0.4) is 0 Å². The Morgan fingerprint density at radius 3 is 2.89 bits per heavy atom. The normalized spacial score (nSPS) is 18.8. The van der Waals surface area contributed by atoms with Crippen LogP contribution in [0.25, 0.3) is 0 Å². The third-order valence-electron chi connectivity index (χ3n) is 4.88. The molecule has 0 aliphatic carbocycles. The first kappa shape index (κ1) is 17.5. The van der Waals surface area contributed by atoms with Gasteiger partial charge in [0.2, 0.25) is 11.9 Å². The van der Waals surface area contributed by atoms with Gasteiger partial charge in [0.25, 0.3) is 5.91 Å². The molecule has 2 aliphatic heterocycles. The first-order valence-electron chi connectivity index (χ1n) is 8.92. The number of imidazole rings is 1. The van der Waals surface area contributed by atoms with Crippen LogP contribution in [0.4, 0.5) is 10.7 Å². The third-order valence-corrected chi connectivity index (χ3v) is 4.88. The van der Waals surface area contributed by atoms with Gasteiger partial charge in [0.05, 0.1) is 19.4 Å². The van der Waals surface area contributed by atoms with E-state index in [-0.39, 0.29) is 18.5 Å². The predicted octanol–water partition coefficient (Wildman–Crippen LogP) is 1.24. The average Bonchev–Trinajstić information content (AvgIpc) is 3.34. The lowest BCUT2D eigenvalue weighted by molar-refractivity contribution is -0.677. The largest absolute Gasteiger partial charge is 0.466 e. The molecule has 0 spiro atoms. The Morgan fingerprint density at radius 1 is 1.37 bits per heavy atom. The lowest BCUT2D eigenvalue weighted by atomic mass is 10.1. The van der Waals surface area contributed by atoms with E-state index >= 15 is 0 Å². The molecule has 3 amide bonds. The van der Waals surface area contributed by atoms with Gasteiger partial charge in [-0.25, -0.2) is 13.9 Å². The number of likely N-dealkylation sites (N-methyl/N-ethyl adjacent to an activating group) is 1. The molecule has 0 bridgehead atoms. The second-order valence-corrected chi connectivity index (χ2v) is 6.54. The van der Waals surface area contributed by atoms with Crippen LogP contribution >= 0.6 is 0 Å². The standard InChI is InChI=1S/C18H22N5O4/c1-4-26-9-7-21-16(24)14-15(20(3)18(21)25)19-17-22(12(2)10-23(14)17)11-13-6-5-8-27-13/h5-6,8,10,14H,4,7,9,11H2,1-3H3/q+1. The zero-order chi connectivity index (χ0) is 19.1. The first-order chi connectivity index (χ1) is 13.0. The minimum absolute atomic E-state index is 0.224. The Bertz CT molecular complexity index is 915. The molecular weight excluding hydrogens is 350 g/mol. The highest BCUT2D eigenvalue weighted by atomic mass is 16.5. The number of aromatic nitrogens is 2. The molecular formula is C18H22N5O4+. The van der Waals surface area contributed by atoms with Gasteiger partial charge < -0.3 is 9.15 Å². The van der Waals surface area contributed by atoms with Gasteiger partial charge in [0, 0.05) is 13.7 Å². The molecule has 2 aromatic rings. The molecule has 2 aliphatic rings. The molecule has 142 valence electrons. The van der Waals surface area contributed by atoms with E-state index in [0.29, 0.717) is 31.5 Å². The van der Waals surface area contributed by atoms with Crippen LogP contribution in [-0.4, -0.2) is 58.9 Å². The van der Waals surface area contributed by atoms with Gasteiger partial charge in [0.15, 0.2) is 0 Å². The Balaban J connectivity index is 1.68. The van der Waals surface area contributed by atoms with E-state index in [4.69, 9.17) is 9.15 Å². The number of nitrogens with zero attached hydrogens (tertiary/aromatic N) is 5. The van der Waals surface area contributed by atoms with Gasteiger partial charge in [-0.2, -0.15) is 0 Å². The molecule has 9 nitrogen and oxygen atoms in total. The molecule has 4 rings (SSSR count). The Kier molecular flexibility index (Phi) is 4.31. The maximum absolute atomic E-state index is 13.1. The highest BCUT2D eigenvalue weighted by Crippen LogP contribution is 2.29. The fourth-order valence-corrected chi connectivity index (χ4v) is 3.49. The number of carbonyl (C=O) groups excluding carboxylic acids is 2. The van der Waals surface area contributed by atoms with Crippen molar-refractivity contribution in [1.82, 2.24) is 14.4 Å². The Hall–Kier alpha value is -2.94. The zero-order valence-electron chi connectivity index (χ0n) is 15.6. The molecule has 1 atom stereocenters. The maximum atomic E-state index is 13.1. The van der Waals surface area contributed by atoms with E-state index in [1.54, 1.807) is 13.3 Å². The van der Waals surface area contributed by atoms with Crippen molar-refractivity contribution >= 4 is 23.7 Å². The number of hydrogen-bond acceptors (Lipinski definition) is 5. The van der Waals surface area contributed by atoms with Crippen LogP contribution in [0.1, 0.15) is 24.4 Å². The highest BCUT2D eigenvalue weighted by Gasteiger charge is 2.53. The van der Waals surface area contributed by atoms with Crippen molar-refractivity contribution < 1.29 is 23.3 Å². The second kappa shape index (κ2) is 6.66. The number of aryl methyl sites for hydroxylation is 1. The van der Waals surface area contributed by atoms with E-state index < -0.39 is 6.04 Å². The summed E-state index contributed by atoms with van der Waals surface area (Å²) in [6.07, 6.45) is 3.52. The monoisotopic (exact) mass is 372 g/mol. The quantitative estimate of drug-likeness (QED) is 0.564. The SMILES string of the molecule is CCOCCN1C(=O)C2C(=Nc3n(Cc4ccco4)c(C)c[n+]32)N(C)C1=O. The summed E-state index contributed by atoms with van der Waals surface area (Å²) >= 11 is 0. The smallest absolute Gasteiger partial charge is 0.402 e. The van der Waals surface area contributed by atoms with Crippen LogP contribution in [0.15, 0.2) is 34.0 Å². The summed E-state index contributed by atoms with van der Waals surface area (Å²) in [7, 11) is 1.64. The Morgan fingerprint density at radius 2 is 2.19 bits per heavy atom. The Labute approximate surface area is 156 Å². The van der Waals surface area contributed by atoms with E-state index in [0.717, 1.165) is 11.5 Å². The number of carbonyl (C=O) groups is 2. The van der Waals surface area contributed by atoms with Crippen molar-refractivity contribution in [2.75, 3.05) is 26.8 Å². The van der Waals surface area contributed by atoms with Gasteiger partial charge in [-0.05, 0) is 26.0 Å². The van der Waals surface area contributed by atoms with Gasteiger partial charge in [0.1, 0.15) is 24.2 Å². The highest BCUT2D eigenvalue weighted by molar-refractivity contribution is 6.19. The predicted molar refractivity (Wildman–Crippen MR) is 94.7 cm³/mol. The van der Waals surface area contributed by atoms with Crippen molar-refractivity contribution in [3.8, 4) is 0 Å². The number of amides is 3. The molecule has 9 heteroatoms. The zero-order valence-corrected chi connectivity index (χ0v) is 15.6. The number of urea groups is 1. The topological polar surface area (TPSA) is 84.2 Å². The molecule has 2 aromatic heterocycles. The lowest BCUT2D eigenvalue weighted by Gasteiger charge is -2.32. The van der Waals surface area contributed by atoms with Crippen molar-refractivity contribution in [3.63, 3.8) is 0 Å². The van der Waals surface area contributed by atoms with Gasteiger partial charge in [-0.15, -0.1) is 0 Å². The summed E-state index contributed by atoms with van der Waals surface area (Å²) in [6.45, 7) is 5.41. The summed E-state index contributed by atoms with van der Waals surface area (Å²) in [4.78, 5) is 33.0. The van der Waals surface area contributed by atoms with Crippen molar-refractivity contribution in [3.05, 3.63) is 36.0 Å². The molecule has 0 radical (unpaired) electrons. The molecule has 4 heterocycles. The fourth-order valence-electron chi connectivity index (χ4n) is 3.49. The summed E-state index contributed by atoms with van der Waals surface area (Å²) in [6, 6.07) is 2.71. The summed E-state index contributed by atoms with van der Waals surface area (Å²) < 4.78 is 14.6. The number of ether oxygens (including phenoxy) is 1. The van der Waals surface area contributed by atoms with Gasteiger partial charge >= 0.3 is 12.0 Å². The number of fused-ring (bicyclic) bond motifs is 3. The van der Waals surface area contributed by atoms with Crippen LogP contribution in [0, 0.1) is 6.92 Å². The number of hydrogen-bond donors (Lipinski definition) is 0. The molecule has 0 aromatic carbocycles.